The molecule has 2 aromatic carbocycles. The van der Waals surface area contributed by atoms with Crippen LogP contribution in [0.3, 0.4) is 0 Å². The Balaban J connectivity index is 1.45. The van der Waals surface area contributed by atoms with E-state index in [4.69, 9.17) is 9.47 Å². The van der Waals surface area contributed by atoms with Gasteiger partial charge in [0, 0.05) is 30.7 Å². The first-order chi connectivity index (χ1) is 14.6. The molecule has 0 bridgehead atoms. The van der Waals surface area contributed by atoms with Crippen molar-refractivity contribution in [2.45, 2.75) is 30.7 Å². The zero-order chi connectivity index (χ0) is 21.0. The van der Waals surface area contributed by atoms with E-state index in [0.29, 0.717) is 25.3 Å². The van der Waals surface area contributed by atoms with Gasteiger partial charge < -0.3 is 14.8 Å². The minimum absolute atomic E-state index is 0.109. The second-order valence-electron chi connectivity index (χ2n) is 7.73. The molecular formula is C23H25N3O4. The van der Waals surface area contributed by atoms with Crippen molar-refractivity contribution in [2.75, 3.05) is 26.9 Å². The maximum Gasteiger partial charge on any atom is 0.295 e. The number of carbonyl (C=O) groups excluding carboxylic acids is 2. The number of hydrogen-bond donors (Lipinski definition) is 1. The van der Waals surface area contributed by atoms with Crippen molar-refractivity contribution < 1.29 is 19.1 Å². The van der Waals surface area contributed by atoms with Gasteiger partial charge in [-0.15, -0.1) is 5.11 Å². The Hall–Kier alpha value is -3.06. The van der Waals surface area contributed by atoms with E-state index in [-0.39, 0.29) is 23.7 Å². The number of fused-ring (bicyclic) bond motifs is 1. The number of carbonyl (C=O) groups is 2. The predicted molar refractivity (Wildman–Crippen MR) is 111 cm³/mol. The Bertz CT molecular complexity index is 949. The third-order valence-electron chi connectivity index (χ3n) is 5.99. The third-order valence-corrected chi connectivity index (χ3v) is 5.99. The number of hydrogen-bond acceptors (Lipinski definition) is 5. The Kier molecular flexibility index (Phi) is 5.90. The van der Waals surface area contributed by atoms with Crippen LogP contribution in [0.5, 0.6) is 5.75 Å². The second kappa shape index (κ2) is 8.75. The Labute approximate surface area is 175 Å². The van der Waals surface area contributed by atoms with E-state index in [1.165, 1.54) is 5.56 Å². The summed E-state index contributed by atoms with van der Waals surface area (Å²) in [5.74, 6) is 0.339. The van der Waals surface area contributed by atoms with E-state index < -0.39 is 6.04 Å². The number of ether oxygens (including phenoxy) is 2. The first-order valence-corrected chi connectivity index (χ1v) is 10.1. The van der Waals surface area contributed by atoms with Gasteiger partial charge in [-0.1, -0.05) is 30.3 Å². The van der Waals surface area contributed by atoms with E-state index in [1.807, 2.05) is 24.3 Å². The number of nitrogens with one attached hydrogen (secondary N) is 1. The summed E-state index contributed by atoms with van der Waals surface area (Å²) in [6, 6.07) is 14.8. The summed E-state index contributed by atoms with van der Waals surface area (Å²) in [6.07, 6.45) is 1.82. The molecule has 7 heteroatoms. The Morgan fingerprint density at radius 3 is 2.63 bits per heavy atom. The van der Waals surface area contributed by atoms with Crippen LogP contribution in [0, 0.1) is 0 Å². The van der Waals surface area contributed by atoms with Gasteiger partial charge in [0.05, 0.1) is 13.5 Å². The molecule has 2 amide bonds. The van der Waals surface area contributed by atoms with E-state index >= 15 is 0 Å². The van der Waals surface area contributed by atoms with Crippen molar-refractivity contribution in [3.8, 4) is 5.75 Å². The van der Waals surface area contributed by atoms with Crippen molar-refractivity contribution in [1.82, 2.24) is 5.32 Å². The molecule has 2 aliphatic rings. The number of methoxy groups -OCH3 is 1. The van der Waals surface area contributed by atoms with Crippen molar-refractivity contribution in [2.24, 2.45) is 10.2 Å². The van der Waals surface area contributed by atoms with Gasteiger partial charge >= 0.3 is 0 Å². The van der Waals surface area contributed by atoms with Crippen molar-refractivity contribution >= 4 is 11.8 Å². The van der Waals surface area contributed by atoms with Gasteiger partial charge in [-0.2, -0.15) is 5.11 Å². The molecule has 156 valence electrons. The number of rotatable bonds is 6. The van der Waals surface area contributed by atoms with Crippen LogP contribution in [-0.2, 0) is 14.9 Å². The van der Waals surface area contributed by atoms with Crippen LogP contribution in [0.2, 0.25) is 0 Å². The highest BCUT2D eigenvalue weighted by molar-refractivity contribution is 5.97. The molecule has 0 radical (unpaired) electrons. The maximum atomic E-state index is 12.8. The largest absolute Gasteiger partial charge is 0.497 e. The molecule has 1 fully saturated rings. The molecular weight excluding hydrogens is 382 g/mol. The molecule has 30 heavy (non-hydrogen) atoms. The van der Waals surface area contributed by atoms with E-state index in [2.05, 4.69) is 27.7 Å². The fourth-order valence-electron chi connectivity index (χ4n) is 4.16. The average Bonchev–Trinajstić information content (AvgIpc) is 2.80. The molecule has 0 saturated carbocycles. The fourth-order valence-corrected chi connectivity index (χ4v) is 4.16. The van der Waals surface area contributed by atoms with Gasteiger partial charge in [0.2, 0.25) is 5.91 Å². The second-order valence-corrected chi connectivity index (χ2v) is 7.73. The van der Waals surface area contributed by atoms with E-state index in [9.17, 15) is 9.59 Å². The number of amides is 2. The monoisotopic (exact) mass is 407 g/mol. The number of azo groups is 1. The molecule has 0 spiro atoms. The normalized spacial score (nSPS) is 19.8. The molecule has 4 rings (SSSR count). The molecule has 1 atom stereocenters. The molecule has 2 aliphatic heterocycles. The molecule has 7 nitrogen and oxygen atoms in total. The summed E-state index contributed by atoms with van der Waals surface area (Å²) >= 11 is 0. The predicted octanol–water partition coefficient (Wildman–Crippen LogP) is 3.60. The van der Waals surface area contributed by atoms with Crippen LogP contribution in [-0.4, -0.2) is 38.7 Å². The first kappa shape index (κ1) is 20.2. The van der Waals surface area contributed by atoms with E-state index in [0.717, 1.165) is 24.2 Å². The topological polar surface area (TPSA) is 89.4 Å². The molecule has 0 aliphatic carbocycles. The highest BCUT2D eigenvalue weighted by atomic mass is 16.5. The molecule has 1 saturated heterocycles. The number of nitrogens with zero attached hydrogens (tertiary/aromatic N) is 2. The van der Waals surface area contributed by atoms with Crippen LogP contribution >= 0.6 is 0 Å². The van der Waals surface area contributed by atoms with Crippen molar-refractivity contribution in [3.63, 3.8) is 0 Å². The summed E-state index contributed by atoms with van der Waals surface area (Å²) in [6.45, 7) is 1.84. The minimum Gasteiger partial charge on any atom is -0.497 e. The Morgan fingerprint density at radius 2 is 1.90 bits per heavy atom. The lowest BCUT2D eigenvalue weighted by Crippen LogP contribution is -2.44. The summed E-state index contributed by atoms with van der Waals surface area (Å²) in [5, 5.41) is 10.9. The van der Waals surface area contributed by atoms with Crippen LogP contribution < -0.4 is 10.1 Å². The quantitative estimate of drug-likeness (QED) is 0.792. The zero-order valence-corrected chi connectivity index (χ0v) is 17.0. The zero-order valence-electron chi connectivity index (χ0n) is 17.0. The van der Waals surface area contributed by atoms with Gasteiger partial charge in [0.25, 0.3) is 5.91 Å². The minimum atomic E-state index is -0.439. The van der Waals surface area contributed by atoms with Crippen LogP contribution in [0.15, 0.2) is 58.8 Å². The maximum absolute atomic E-state index is 12.8. The first-order valence-electron chi connectivity index (χ1n) is 10.1. The number of benzene rings is 2. The van der Waals surface area contributed by atoms with Crippen molar-refractivity contribution in [3.05, 3.63) is 65.2 Å². The summed E-state index contributed by atoms with van der Waals surface area (Å²) < 4.78 is 10.8. The highest BCUT2D eigenvalue weighted by Gasteiger charge is 2.35. The van der Waals surface area contributed by atoms with E-state index in [1.54, 1.807) is 19.2 Å². The fraction of sp³-hybridized carbons (Fsp3) is 0.391. The lowest BCUT2D eigenvalue weighted by Gasteiger charge is -2.38. The highest BCUT2D eigenvalue weighted by Crippen LogP contribution is 2.35. The molecule has 0 aromatic heterocycles. The van der Waals surface area contributed by atoms with Gasteiger partial charge in [-0.05, 0) is 42.2 Å². The molecule has 1 N–H and O–H groups in total. The van der Waals surface area contributed by atoms with Crippen LogP contribution in [0.4, 0.5) is 0 Å². The summed E-state index contributed by atoms with van der Waals surface area (Å²) in [4.78, 5) is 24.7. The molecule has 2 aromatic rings. The van der Waals surface area contributed by atoms with Gasteiger partial charge in [-0.25, -0.2) is 0 Å². The standard InChI is InChI=1S/C23H25N3O4/c1-29-17-8-6-16(7-9-17)23(10-12-30-13-11-23)15-24-21(27)14-20-18-4-2-3-5-19(18)22(28)26-25-20/h2-9,20H,10-15H2,1H3,(H,24,27). The summed E-state index contributed by atoms with van der Waals surface area (Å²) in [7, 11) is 1.65. The SMILES string of the molecule is COc1ccc(C2(CNC(=O)CC3N=NC(=O)c4ccccc43)CCOCC2)cc1. The van der Waals surface area contributed by atoms with Gasteiger partial charge in [0.1, 0.15) is 11.8 Å². The lowest BCUT2D eigenvalue weighted by atomic mass is 9.74. The molecule has 1 unspecified atom stereocenters. The average molecular weight is 407 g/mol. The van der Waals surface area contributed by atoms with Gasteiger partial charge in [0.15, 0.2) is 0 Å². The van der Waals surface area contributed by atoms with Crippen LogP contribution in [0.1, 0.15) is 46.8 Å². The lowest BCUT2D eigenvalue weighted by molar-refractivity contribution is -0.122. The smallest absolute Gasteiger partial charge is 0.295 e. The molecule has 2 heterocycles. The Morgan fingerprint density at radius 1 is 1.17 bits per heavy atom. The summed E-state index contributed by atoms with van der Waals surface area (Å²) in [5.41, 5.74) is 2.26. The van der Waals surface area contributed by atoms with Gasteiger partial charge in [-0.3, -0.25) is 9.59 Å². The van der Waals surface area contributed by atoms with Crippen LogP contribution in [0.25, 0.3) is 0 Å². The third kappa shape index (κ3) is 4.11. The van der Waals surface area contributed by atoms with Crippen molar-refractivity contribution in [1.29, 1.82) is 0 Å².